The molecule has 0 radical (unpaired) electrons. The van der Waals surface area contributed by atoms with E-state index in [1.165, 1.54) is 30.3 Å². The van der Waals surface area contributed by atoms with Gasteiger partial charge in [-0.3, -0.25) is 0 Å². The van der Waals surface area contributed by atoms with Gasteiger partial charge in [-0.05, 0) is 95.6 Å². The lowest BCUT2D eigenvalue weighted by Gasteiger charge is -2.11. The number of rotatable bonds is 4. The Morgan fingerprint density at radius 1 is 0.405 bits per heavy atom. The highest BCUT2D eigenvalue weighted by Gasteiger charge is 2.15. The van der Waals surface area contributed by atoms with Gasteiger partial charge in [0.1, 0.15) is 0 Å². The van der Waals surface area contributed by atoms with Crippen LogP contribution in [0.4, 0.5) is 0 Å². The summed E-state index contributed by atoms with van der Waals surface area (Å²) in [4.78, 5) is 0. The van der Waals surface area contributed by atoms with Crippen LogP contribution < -0.4 is 5.46 Å². The van der Waals surface area contributed by atoms with Gasteiger partial charge in [0.25, 0.3) is 0 Å². The smallest absolute Gasteiger partial charge is 0.423 e. The highest BCUT2D eigenvalue weighted by molar-refractivity contribution is 14.1. The first-order valence-electron chi connectivity index (χ1n) is 13.3. The van der Waals surface area contributed by atoms with Gasteiger partial charge in [-0.15, -0.1) is 0 Å². The molecule has 6 rings (SSSR count). The maximum absolute atomic E-state index is 9.22. The Hall–Kier alpha value is -3.01. The maximum atomic E-state index is 9.22. The summed E-state index contributed by atoms with van der Waals surface area (Å²) in [5, 5.41) is 18.4. The van der Waals surface area contributed by atoms with E-state index in [-0.39, 0.29) is 0 Å². The number of hydrogen-bond donors (Lipinski definition) is 2. The van der Waals surface area contributed by atoms with Crippen molar-refractivity contribution in [3.8, 4) is 33.4 Å². The van der Waals surface area contributed by atoms with Crippen molar-refractivity contribution < 1.29 is 10.0 Å². The fourth-order valence-corrected chi connectivity index (χ4v) is 5.48. The van der Waals surface area contributed by atoms with Gasteiger partial charge in [0.05, 0.1) is 0 Å². The molecule has 6 heteroatoms. The molecular formula is C36H28BBr2IO2. The molecule has 0 amide bonds. The van der Waals surface area contributed by atoms with Gasteiger partial charge < -0.3 is 10.0 Å². The number of halogens is 3. The minimum Gasteiger partial charge on any atom is -0.423 e. The summed E-state index contributed by atoms with van der Waals surface area (Å²) in [6, 6.07) is 52.4. The lowest BCUT2D eigenvalue weighted by molar-refractivity contribution is 0.426. The molecule has 42 heavy (non-hydrogen) atoms. The summed E-state index contributed by atoms with van der Waals surface area (Å²) in [5.41, 5.74) is 7.35. The van der Waals surface area contributed by atoms with Gasteiger partial charge in [0.2, 0.25) is 0 Å². The Labute approximate surface area is 278 Å². The standard InChI is InChI=1S/C18H13Br.C12H11BO2.C6H4BrI/c19-18-13-7-6-12-17(18)16-11-5-4-10-15(16)14-8-2-1-3-9-14;14-13(15)12-9-5-4-8-11(12)10-6-2-1-3-7-10;7-5-3-1-2-4-6(5)8/h1-13H;1-9,14-15H;1-4H. The van der Waals surface area contributed by atoms with Crippen molar-refractivity contribution in [3.05, 3.63) is 170 Å². The highest BCUT2D eigenvalue weighted by Crippen LogP contribution is 2.35. The summed E-state index contributed by atoms with van der Waals surface area (Å²) in [6.07, 6.45) is 0. The molecule has 6 aromatic rings. The molecule has 0 heterocycles. The van der Waals surface area contributed by atoms with Gasteiger partial charge in [0, 0.05) is 12.5 Å². The van der Waals surface area contributed by atoms with Gasteiger partial charge >= 0.3 is 7.12 Å². The van der Waals surface area contributed by atoms with Crippen LogP contribution in [0.15, 0.2) is 167 Å². The lowest BCUT2D eigenvalue weighted by Crippen LogP contribution is -2.31. The summed E-state index contributed by atoms with van der Waals surface area (Å²) in [5.74, 6) is 0. The summed E-state index contributed by atoms with van der Waals surface area (Å²) in [7, 11) is -1.43. The van der Waals surface area contributed by atoms with Crippen LogP contribution in [-0.4, -0.2) is 17.2 Å². The largest absolute Gasteiger partial charge is 0.489 e. The third-order valence-electron chi connectivity index (χ3n) is 6.32. The van der Waals surface area contributed by atoms with Gasteiger partial charge in [0.15, 0.2) is 0 Å². The molecule has 0 spiro atoms. The molecule has 6 aromatic carbocycles. The molecule has 0 aliphatic rings. The van der Waals surface area contributed by atoms with Crippen LogP contribution in [0.1, 0.15) is 0 Å². The average molecular weight is 790 g/mol. The predicted octanol–water partition coefficient (Wildman–Crippen LogP) is 9.87. The molecule has 0 unspecified atom stereocenters. The Morgan fingerprint density at radius 3 is 1.31 bits per heavy atom. The van der Waals surface area contributed by atoms with E-state index in [4.69, 9.17) is 0 Å². The summed E-state index contributed by atoms with van der Waals surface area (Å²) < 4.78 is 3.55. The Morgan fingerprint density at radius 2 is 0.810 bits per heavy atom. The van der Waals surface area contributed by atoms with E-state index in [1.807, 2.05) is 72.8 Å². The molecule has 0 bridgehead atoms. The first-order chi connectivity index (χ1) is 20.5. The summed E-state index contributed by atoms with van der Waals surface area (Å²) >= 11 is 9.30. The molecule has 0 fully saturated rings. The lowest BCUT2D eigenvalue weighted by atomic mass is 9.75. The SMILES string of the molecule is Brc1ccccc1-c1ccccc1-c1ccccc1.Brc1ccccc1I.OB(O)c1ccccc1-c1ccccc1. The van der Waals surface area contributed by atoms with E-state index >= 15 is 0 Å². The minimum absolute atomic E-state index is 0.531. The van der Waals surface area contributed by atoms with E-state index in [2.05, 4.69) is 127 Å². The van der Waals surface area contributed by atoms with Gasteiger partial charge in [-0.2, -0.15) is 0 Å². The first kappa shape index (κ1) is 31.9. The Balaban J connectivity index is 0.000000157. The molecule has 0 aliphatic heterocycles. The third-order valence-corrected chi connectivity index (χ3v) is 9.39. The molecule has 0 aliphatic carbocycles. The number of hydrogen-bond acceptors (Lipinski definition) is 2. The van der Waals surface area contributed by atoms with Crippen molar-refractivity contribution in [2.75, 3.05) is 0 Å². The maximum Gasteiger partial charge on any atom is 0.489 e. The molecule has 2 N–H and O–H groups in total. The van der Waals surface area contributed by atoms with Crippen LogP contribution in [-0.2, 0) is 0 Å². The van der Waals surface area contributed by atoms with Crippen LogP contribution in [0.2, 0.25) is 0 Å². The zero-order valence-electron chi connectivity index (χ0n) is 22.6. The Kier molecular flexibility index (Phi) is 12.6. The fourth-order valence-electron chi connectivity index (χ4n) is 4.31. The quantitative estimate of drug-likeness (QED) is 0.138. The van der Waals surface area contributed by atoms with E-state index in [1.54, 1.807) is 12.1 Å². The molecule has 0 aromatic heterocycles. The van der Waals surface area contributed by atoms with E-state index in [0.29, 0.717) is 5.46 Å². The van der Waals surface area contributed by atoms with E-state index in [0.717, 1.165) is 15.6 Å². The van der Waals surface area contributed by atoms with Crippen molar-refractivity contribution in [3.63, 3.8) is 0 Å². The molecule has 0 saturated heterocycles. The summed E-state index contributed by atoms with van der Waals surface area (Å²) in [6.45, 7) is 0. The van der Waals surface area contributed by atoms with Crippen molar-refractivity contribution in [1.29, 1.82) is 0 Å². The molecule has 0 atom stereocenters. The zero-order valence-corrected chi connectivity index (χ0v) is 27.9. The highest BCUT2D eigenvalue weighted by atomic mass is 127. The fraction of sp³-hybridized carbons (Fsp3) is 0. The first-order valence-corrected chi connectivity index (χ1v) is 15.9. The normalized spacial score (nSPS) is 10.0. The molecular weight excluding hydrogens is 762 g/mol. The predicted molar refractivity (Wildman–Crippen MR) is 194 cm³/mol. The van der Waals surface area contributed by atoms with Crippen molar-refractivity contribution in [2.45, 2.75) is 0 Å². The van der Waals surface area contributed by atoms with Crippen molar-refractivity contribution in [2.24, 2.45) is 0 Å². The zero-order chi connectivity index (χ0) is 29.7. The van der Waals surface area contributed by atoms with E-state index < -0.39 is 7.12 Å². The molecule has 2 nitrogen and oxygen atoms in total. The molecule has 208 valence electrons. The Bertz CT molecular complexity index is 1680. The molecule has 0 saturated carbocycles. The van der Waals surface area contributed by atoms with Crippen LogP contribution in [0, 0.1) is 3.57 Å². The van der Waals surface area contributed by atoms with Gasteiger partial charge in [-0.25, -0.2) is 0 Å². The average Bonchev–Trinajstić information content (AvgIpc) is 3.04. The second-order valence-corrected chi connectivity index (χ2v) is 12.0. The van der Waals surface area contributed by atoms with Crippen molar-refractivity contribution in [1.82, 2.24) is 0 Å². The third kappa shape index (κ3) is 9.00. The van der Waals surface area contributed by atoms with Crippen LogP contribution in [0.25, 0.3) is 33.4 Å². The number of benzene rings is 6. The van der Waals surface area contributed by atoms with Gasteiger partial charge in [-0.1, -0.05) is 155 Å². The van der Waals surface area contributed by atoms with Crippen LogP contribution in [0.3, 0.4) is 0 Å². The van der Waals surface area contributed by atoms with Crippen LogP contribution >= 0.6 is 54.5 Å². The second-order valence-electron chi connectivity index (χ2n) is 9.13. The topological polar surface area (TPSA) is 40.5 Å². The van der Waals surface area contributed by atoms with Crippen LogP contribution in [0.5, 0.6) is 0 Å². The monoisotopic (exact) mass is 788 g/mol. The van der Waals surface area contributed by atoms with E-state index in [9.17, 15) is 10.0 Å². The minimum atomic E-state index is -1.43. The van der Waals surface area contributed by atoms with Crippen molar-refractivity contribution >= 4 is 67.0 Å². The second kappa shape index (κ2) is 16.6.